The molecule has 0 spiro atoms. The van der Waals surface area contributed by atoms with Gasteiger partial charge in [-0.05, 0) is 54.3 Å². The highest BCUT2D eigenvalue weighted by Gasteiger charge is 2.30. The van der Waals surface area contributed by atoms with Gasteiger partial charge in [-0.3, -0.25) is 0 Å². The van der Waals surface area contributed by atoms with Gasteiger partial charge in [0.15, 0.2) is 0 Å². The SMILES string of the molecule is CC1CCC(CNC(C)C)C(c2ccc3c(c2)CCO3)C1. The maximum absolute atomic E-state index is 5.66. The van der Waals surface area contributed by atoms with E-state index in [9.17, 15) is 0 Å². The zero-order valence-electron chi connectivity index (χ0n) is 13.7. The number of benzene rings is 1. The Morgan fingerprint density at radius 3 is 2.95 bits per heavy atom. The Balaban J connectivity index is 1.78. The summed E-state index contributed by atoms with van der Waals surface area (Å²) in [7, 11) is 0. The third-order valence-electron chi connectivity index (χ3n) is 5.19. The average Bonchev–Trinajstić information content (AvgIpc) is 2.93. The lowest BCUT2D eigenvalue weighted by molar-refractivity contribution is 0.238. The summed E-state index contributed by atoms with van der Waals surface area (Å²) in [6.07, 6.45) is 5.17. The van der Waals surface area contributed by atoms with Gasteiger partial charge in [-0.15, -0.1) is 0 Å². The van der Waals surface area contributed by atoms with E-state index in [2.05, 4.69) is 44.3 Å². The zero-order chi connectivity index (χ0) is 14.8. The van der Waals surface area contributed by atoms with E-state index in [1.165, 1.54) is 24.8 Å². The highest BCUT2D eigenvalue weighted by molar-refractivity contribution is 5.41. The van der Waals surface area contributed by atoms with Crippen LogP contribution < -0.4 is 10.1 Å². The number of hydrogen-bond acceptors (Lipinski definition) is 2. The Kier molecular flexibility index (Phi) is 4.54. The molecule has 3 unspecified atom stereocenters. The quantitative estimate of drug-likeness (QED) is 0.898. The van der Waals surface area contributed by atoms with Crippen molar-refractivity contribution in [2.75, 3.05) is 13.2 Å². The van der Waals surface area contributed by atoms with E-state index in [1.54, 1.807) is 5.56 Å². The van der Waals surface area contributed by atoms with Crippen LogP contribution in [-0.2, 0) is 6.42 Å². The lowest BCUT2D eigenvalue weighted by atomic mass is 9.71. The molecular weight excluding hydrogens is 258 g/mol. The second-order valence-corrected chi connectivity index (χ2v) is 7.31. The van der Waals surface area contributed by atoms with Gasteiger partial charge in [0.25, 0.3) is 0 Å². The number of ether oxygens (including phenoxy) is 1. The van der Waals surface area contributed by atoms with Gasteiger partial charge >= 0.3 is 0 Å². The standard InChI is InChI=1S/C19H29NO/c1-13(2)20-12-17-5-4-14(3)10-18(17)15-6-7-19-16(11-15)8-9-21-19/h6-7,11,13-14,17-18,20H,4-5,8-10,12H2,1-3H3. The van der Waals surface area contributed by atoms with Crippen molar-refractivity contribution in [1.82, 2.24) is 5.32 Å². The molecule has 1 aliphatic heterocycles. The molecule has 2 nitrogen and oxygen atoms in total. The van der Waals surface area contributed by atoms with Gasteiger partial charge in [-0.2, -0.15) is 0 Å². The highest BCUT2D eigenvalue weighted by Crippen LogP contribution is 2.41. The van der Waals surface area contributed by atoms with Crippen LogP contribution in [0.5, 0.6) is 5.75 Å². The van der Waals surface area contributed by atoms with Gasteiger partial charge in [0.1, 0.15) is 5.75 Å². The molecule has 0 saturated heterocycles. The van der Waals surface area contributed by atoms with E-state index < -0.39 is 0 Å². The summed E-state index contributed by atoms with van der Waals surface area (Å²) < 4.78 is 5.66. The van der Waals surface area contributed by atoms with Crippen molar-refractivity contribution in [3.63, 3.8) is 0 Å². The first-order chi connectivity index (χ1) is 10.1. The molecule has 0 aromatic heterocycles. The molecule has 21 heavy (non-hydrogen) atoms. The molecule has 2 heteroatoms. The molecule has 3 atom stereocenters. The van der Waals surface area contributed by atoms with Crippen molar-refractivity contribution in [3.8, 4) is 5.75 Å². The van der Waals surface area contributed by atoms with E-state index >= 15 is 0 Å². The molecule has 116 valence electrons. The summed E-state index contributed by atoms with van der Waals surface area (Å²) in [6, 6.07) is 7.52. The largest absolute Gasteiger partial charge is 0.493 e. The van der Waals surface area contributed by atoms with Crippen molar-refractivity contribution in [1.29, 1.82) is 0 Å². The molecule has 1 aromatic carbocycles. The van der Waals surface area contributed by atoms with Gasteiger partial charge in [0, 0.05) is 12.5 Å². The maximum Gasteiger partial charge on any atom is 0.122 e. The molecule has 1 heterocycles. The van der Waals surface area contributed by atoms with Gasteiger partial charge in [-0.25, -0.2) is 0 Å². The van der Waals surface area contributed by atoms with Crippen molar-refractivity contribution in [3.05, 3.63) is 29.3 Å². The molecule has 2 aliphatic rings. The lowest BCUT2D eigenvalue weighted by Crippen LogP contribution is -2.34. The second kappa shape index (κ2) is 6.39. The van der Waals surface area contributed by atoms with Crippen molar-refractivity contribution in [2.24, 2.45) is 11.8 Å². The fourth-order valence-electron chi connectivity index (χ4n) is 3.92. The Labute approximate surface area is 129 Å². The average molecular weight is 287 g/mol. The van der Waals surface area contributed by atoms with E-state index in [4.69, 9.17) is 4.74 Å². The van der Waals surface area contributed by atoms with Gasteiger partial charge in [0.05, 0.1) is 6.61 Å². The molecule has 0 bridgehead atoms. The Hall–Kier alpha value is -1.02. The minimum atomic E-state index is 0.582. The Morgan fingerprint density at radius 1 is 1.29 bits per heavy atom. The van der Waals surface area contributed by atoms with Gasteiger partial charge < -0.3 is 10.1 Å². The Morgan fingerprint density at radius 2 is 2.14 bits per heavy atom. The van der Waals surface area contributed by atoms with Crippen LogP contribution in [-0.4, -0.2) is 19.2 Å². The van der Waals surface area contributed by atoms with Crippen LogP contribution in [0.1, 0.15) is 57.1 Å². The van der Waals surface area contributed by atoms with Crippen LogP contribution >= 0.6 is 0 Å². The smallest absolute Gasteiger partial charge is 0.122 e. The van der Waals surface area contributed by atoms with Crippen molar-refractivity contribution >= 4 is 0 Å². The molecule has 1 saturated carbocycles. The summed E-state index contributed by atoms with van der Waals surface area (Å²) >= 11 is 0. The van der Waals surface area contributed by atoms with Crippen LogP contribution in [0.3, 0.4) is 0 Å². The normalized spacial score (nSPS) is 28.5. The van der Waals surface area contributed by atoms with Gasteiger partial charge in [-0.1, -0.05) is 39.3 Å². The van der Waals surface area contributed by atoms with E-state index in [-0.39, 0.29) is 0 Å². The van der Waals surface area contributed by atoms with Crippen molar-refractivity contribution in [2.45, 2.75) is 58.4 Å². The van der Waals surface area contributed by atoms with Crippen LogP contribution in [0.4, 0.5) is 0 Å². The molecule has 1 fully saturated rings. The fraction of sp³-hybridized carbons (Fsp3) is 0.684. The maximum atomic E-state index is 5.66. The topological polar surface area (TPSA) is 21.3 Å². The number of rotatable bonds is 4. The molecule has 3 rings (SSSR count). The summed E-state index contributed by atoms with van der Waals surface area (Å²) in [5.41, 5.74) is 2.96. The summed E-state index contributed by atoms with van der Waals surface area (Å²) in [4.78, 5) is 0. The summed E-state index contributed by atoms with van der Waals surface area (Å²) in [5, 5.41) is 3.66. The van der Waals surface area contributed by atoms with Crippen LogP contribution in [0.2, 0.25) is 0 Å². The first kappa shape index (κ1) is 14.9. The molecule has 0 radical (unpaired) electrons. The van der Waals surface area contributed by atoms with E-state index in [1.807, 2.05) is 0 Å². The highest BCUT2D eigenvalue weighted by atomic mass is 16.5. The van der Waals surface area contributed by atoms with Crippen LogP contribution in [0.25, 0.3) is 0 Å². The predicted octanol–water partition coefficient (Wildman–Crippen LogP) is 4.14. The van der Waals surface area contributed by atoms with E-state index in [0.29, 0.717) is 12.0 Å². The van der Waals surface area contributed by atoms with Crippen molar-refractivity contribution < 1.29 is 4.74 Å². The number of fused-ring (bicyclic) bond motifs is 1. The lowest BCUT2D eigenvalue weighted by Gasteiger charge is -2.36. The minimum Gasteiger partial charge on any atom is -0.493 e. The Bertz CT molecular complexity index is 482. The molecule has 1 N–H and O–H groups in total. The van der Waals surface area contributed by atoms with Crippen LogP contribution in [0.15, 0.2) is 18.2 Å². The van der Waals surface area contributed by atoms with Gasteiger partial charge in [0.2, 0.25) is 0 Å². The number of nitrogens with one attached hydrogen (secondary N) is 1. The molecule has 1 aliphatic carbocycles. The molecule has 0 amide bonds. The summed E-state index contributed by atoms with van der Waals surface area (Å²) in [6.45, 7) is 8.91. The summed E-state index contributed by atoms with van der Waals surface area (Å²) in [5.74, 6) is 3.46. The molecule has 1 aromatic rings. The second-order valence-electron chi connectivity index (χ2n) is 7.31. The first-order valence-electron chi connectivity index (χ1n) is 8.62. The van der Waals surface area contributed by atoms with E-state index in [0.717, 1.165) is 37.2 Å². The number of hydrogen-bond donors (Lipinski definition) is 1. The molecular formula is C19H29NO. The third-order valence-corrected chi connectivity index (χ3v) is 5.19. The van der Waals surface area contributed by atoms with Crippen LogP contribution in [0, 0.1) is 11.8 Å². The minimum absolute atomic E-state index is 0.582. The first-order valence-corrected chi connectivity index (χ1v) is 8.62. The fourth-order valence-corrected chi connectivity index (χ4v) is 3.92. The monoisotopic (exact) mass is 287 g/mol. The zero-order valence-corrected chi connectivity index (χ0v) is 13.7. The predicted molar refractivity (Wildman–Crippen MR) is 88.0 cm³/mol. The third kappa shape index (κ3) is 3.42.